The van der Waals surface area contributed by atoms with Crippen molar-refractivity contribution in [1.29, 1.82) is 0 Å². The SMILES string of the molecule is Cc1cc(C)cc(CO[C@@H]2CCCC[C@@]2(N)c2ccccc2)c1. The van der Waals surface area contributed by atoms with Crippen molar-refractivity contribution < 1.29 is 4.74 Å². The first-order chi connectivity index (χ1) is 11.1. The number of ether oxygens (including phenoxy) is 1. The molecule has 2 N–H and O–H groups in total. The average molecular weight is 309 g/mol. The molecule has 0 bridgehead atoms. The van der Waals surface area contributed by atoms with Gasteiger partial charge in [0, 0.05) is 0 Å². The van der Waals surface area contributed by atoms with Gasteiger partial charge >= 0.3 is 0 Å². The minimum absolute atomic E-state index is 0.0828. The second kappa shape index (κ2) is 6.86. The molecule has 0 heterocycles. The zero-order valence-corrected chi connectivity index (χ0v) is 14.2. The van der Waals surface area contributed by atoms with Crippen LogP contribution in [0.15, 0.2) is 48.5 Å². The maximum absolute atomic E-state index is 6.82. The van der Waals surface area contributed by atoms with Gasteiger partial charge in [0.15, 0.2) is 0 Å². The van der Waals surface area contributed by atoms with Crippen LogP contribution in [-0.2, 0) is 16.9 Å². The summed E-state index contributed by atoms with van der Waals surface area (Å²) in [6.07, 6.45) is 4.49. The average Bonchev–Trinajstić information content (AvgIpc) is 2.54. The van der Waals surface area contributed by atoms with Crippen molar-refractivity contribution in [2.45, 2.75) is 57.8 Å². The van der Waals surface area contributed by atoms with E-state index in [1.54, 1.807) is 0 Å². The summed E-state index contributed by atoms with van der Waals surface area (Å²) in [7, 11) is 0. The number of benzene rings is 2. The summed E-state index contributed by atoms with van der Waals surface area (Å²) in [4.78, 5) is 0. The van der Waals surface area contributed by atoms with Gasteiger partial charge in [0.2, 0.25) is 0 Å². The van der Waals surface area contributed by atoms with Crippen LogP contribution in [0.5, 0.6) is 0 Å². The maximum Gasteiger partial charge on any atom is 0.0800 e. The Morgan fingerprint density at radius 3 is 2.43 bits per heavy atom. The van der Waals surface area contributed by atoms with Crippen LogP contribution in [-0.4, -0.2) is 6.10 Å². The molecular formula is C21H27NO. The third-order valence-corrected chi connectivity index (χ3v) is 4.93. The summed E-state index contributed by atoms with van der Waals surface area (Å²) in [5.74, 6) is 0. The van der Waals surface area contributed by atoms with Crippen LogP contribution in [0.25, 0.3) is 0 Å². The molecule has 0 aliphatic heterocycles. The molecule has 2 heteroatoms. The molecule has 2 aromatic carbocycles. The van der Waals surface area contributed by atoms with Crippen LogP contribution in [0.1, 0.15) is 47.9 Å². The van der Waals surface area contributed by atoms with Crippen molar-refractivity contribution >= 4 is 0 Å². The van der Waals surface area contributed by atoms with Crippen molar-refractivity contribution in [3.05, 3.63) is 70.8 Å². The molecule has 1 fully saturated rings. The normalized spacial score (nSPS) is 24.6. The Morgan fingerprint density at radius 1 is 1.04 bits per heavy atom. The van der Waals surface area contributed by atoms with Crippen LogP contribution >= 0.6 is 0 Å². The molecule has 1 aliphatic carbocycles. The lowest BCUT2D eigenvalue weighted by molar-refractivity contribution is -0.0373. The second-order valence-corrected chi connectivity index (χ2v) is 6.95. The fraction of sp³-hybridized carbons (Fsp3) is 0.429. The van der Waals surface area contributed by atoms with Crippen LogP contribution in [0.3, 0.4) is 0 Å². The zero-order valence-electron chi connectivity index (χ0n) is 14.2. The van der Waals surface area contributed by atoms with Gasteiger partial charge in [-0.2, -0.15) is 0 Å². The fourth-order valence-electron chi connectivity index (χ4n) is 3.83. The molecule has 0 aromatic heterocycles. The minimum Gasteiger partial charge on any atom is -0.371 e. The molecule has 0 unspecified atom stereocenters. The van der Waals surface area contributed by atoms with Crippen molar-refractivity contribution in [3.63, 3.8) is 0 Å². The van der Waals surface area contributed by atoms with E-state index in [-0.39, 0.29) is 11.6 Å². The number of hydrogen-bond donors (Lipinski definition) is 1. The number of nitrogens with two attached hydrogens (primary N) is 1. The van der Waals surface area contributed by atoms with E-state index in [0.717, 1.165) is 12.8 Å². The molecule has 0 saturated heterocycles. The quantitative estimate of drug-likeness (QED) is 0.894. The summed E-state index contributed by atoms with van der Waals surface area (Å²) < 4.78 is 6.32. The highest BCUT2D eigenvalue weighted by atomic mass is 16.5. The van der Waals surface area contributed by atoms with Crippen LogP contribution in [0, 0.1) is 13.8 Å². The van der Waals surface area contributed by atoms with E-state index in [0.29, 0.717) is 6.61 Å². The standard InChI is InChI=1S/C21H27NO/c1-16-12-17(2)14-18(13-16)15-23-20-10-6-7-11-21(20,22)19-8-4-3-5-9-19/h3-5,8-9,12-14,20H,6-7,10-11,15,22H2,1-2H3/t20-,21-/m1/s1. The second-order valence-electron chi connectivity index (χ2n) is 6.95. The van der Waals surface area contributed by atoms with E-state index in [1.165, 1.54) is 35.1 Å². The predicted octanol–water partition coefficient (Wildman–Crippen LogP) is 4.62. The Labute approximate surface area is 139 Å². The lowest BCUT2D eigenvalue weighted by atomic mass is 9.75. The van der Waals surface area contributed by atoms with Crippen molar-refractivity contribution in [2.75, 3.05) is 0 Å². The number of aryl methyl sites for hydroxylation is 2. The lowest BCUT2D eigenvalue weighted by Crippen LogP contribution is -2.51. The summed E-state index contributed by atoms with van der Waals surface area (Å²) in [6, 6.07) is 17.1. The largest absolute Gasteiger partial charge is 0.371 e. The lowest BCUT2D eigenvalue weighted by Gasteiger charge is -2.41. The van der Waals surface area contributed by atoms with E-state index in [9.17, 15) is 0 Å². The van der Waals surface area contributed by atoms with Gasteiger partial charge in [-0.25, -0.2) is 0 Å². The van der Waals surface area contributed by atoms with Gasteiger partial charge in [0.05, 0.1) is 18.2 Å². The first-order valence-electron chi connectivity index (χ1n) is 8.61. The van der Waals surface area contributed by atoms with E-state index < -0.39 is 0 Å². The molecular weight excluding hydrogens is 282 g/mol. The van der Waals surface area contributed by atoms with Gasteiger partial charge in [-0.05, 0) is 37.8 Å². The molecule has 0 amide bonds. The van der Waals surface area contributed by atoms with Gasteiger partial charge in [-0.1, -0.05) is 72.5 Å². The van der Waals surface area contributed by atoms with Crippen molar-refractivity contribution in [3.8, 4) is 0 Å². The monoisotopic (exact) mass is 309 g/mol. The molecule has 3 rings (SSSR count). The van der Waals surface area contributed by atoms with Gasteiger partial charge in [0.25, 0.3) is 0 Å². The minimum atomic E-state index is -0.363. The Balaban J connectivity index is 1.77. The molecule has 1 aliphatic rings. The Morgan fingerprint density at radius 2 is 1.74 bits per heavy atom. The first kappa shape index (κ1) is 16.2. The number of rotatable bonds is 4. The highest BCUT2D eigenvalue weighted by Crippen LogP contribution is 2.37. The van der Waals surface area contributed by atoms with Crippen molar-refractivity contribution in [2.24, 2.45) is 5.73 Å². The Bertz CT molecular complexity index is 632. The molecule has 2 aromatic rings. The summed E-state index contributed by atoms with van der Waals surface area (Å²) in [6.45, 7) is 4.90. The van der Waals surface area contributed by atoms with E-state index in [2.05, 4.69) is 56.3 Å². The Hall–Kier alpha value is -1.64. The van der Waals surface area contributed by atoms with Crippen LogP contribution in [0.2, 0.25) is 0 Å². The molecule has 23 heavy (non-hydrogen) atoms. The van der Waals surface area contributed by atoms with Gasteiger partial charge in [0.1, 0.15) is 0 Å². The fourth-order valence-corrected chi connectivity index (χ4v) is 3.83. The highest BCUT2D eigenvalue weighted by Gasteiger charge is 2.39. The summed E-state index contributed by atoms with van der Waals surface area (Å²) >= 11 is 0. The predicted molar refractivity (Wildman–Crippen MR) is 95.3 cm³/mol. The highest BCUT2D eigenvalue weighted by molar-refractivity contribution is 5.29. The van der Waals surface area contributed by atoms with Gasteiger partial charge in [-0.15, -0.1) is 0 Å². The zero-order chi connectivity index (χ0) is 16.3. The first-order valence-corrected chi connectivity index (χ1v) is 8.61. The van der Waals surface area contributed by atoms with Crippen LogP contribution in [0.4, 0.5) is 0 Å². The summed E-state index contributed by atoms with van der Waals surface area (Å²) in [5, 5.41) is 0. The molecule has 1 saturated carbocycles. The smallest absolute Gasteiger partial charge is 0.0800 e. The van der Waals surface area contributed by atoms with Gasteiger partial charge < -0.3 is 10.5 Å². The molecule has 2 atom stereocenters. The van der Waals surface area contributed by atoms with Gasteiger partial charge in [-0.3, -0.25) is 0 Å². The van der Waals surface area contributed by atoms with E-state index in [4.69, 9.17) is 10.5 Å². The third kappa shape index (κ3) is 3.65. The molecule has 2 nitrogen and oxygen atoms in total. The maximum atomic E-state index is 6.82. The van der Waals surface area contributed by atoms with E-state index in [1.807, 2.05) is 6.07 Å². The topological polar surface area (TPSA) is 35.2 Å². The molecule has 0 spiro atoms. The number of hydrogen-bond acceptors (Lipinski definition) is 2. The summed E-state index contributed by atoms with van der Waals surface area (Å²) in [5.41, 5.74) is 11.5. The molecule has 122 valence electrons. The Kier molecular flexibility index (Phi) is 4.84. The van der Waals surface area contributed by atoms with Crippen LogP contribution < -0.4 is 5.73 Å². The van der Waals surface area contributed by atoms with Crippen molar-refractivity contribution in [1.82, 2.24) is 0 Å². The van der Waals surface area contributed by atoms with E-state index >= 15 is 0 Å². The molecule has 0 radical (unpaired) electrons. The third-order valence-electron chi connectivity index (χ3n) is 4.93.